The summed E-state index contributed by atoms with van der Waals surface area (Å²) < 4.78 is 86.0. The van der Waals surface area contributed by atoms with Gasteiger partial charge in [0.25, 0.3) is 0 Å². The maximum absolute atomic E-state index is 14.2. The normalized spacial score (nSPS) is 18.6. The Labute approximate surface area is 173 Å². The molecular formula is C23H15F6NO. The Morgan fingerprint density at radius 3 is 2.06 bits per heavy atom. The smallest absolute Gasteiger partial charge is 0.416 e. The third-order valence-corrected chi connectivity index (χ3v) is 5.03. The number of benzene rings is 3. The summed E-state index contributed by atoms with van der Waals surface area (Å²) in [6.07, 6.45) is -5.14. The van der Waals surface area contributed by atoms with Crippen molar-refractivity contribution in [3.8, 4) is 11.1 Å². The molecule has 0 spiro atoms. The van der Waals surface area contributed by atoms with Crippen LogP contribution >= 0.6 is 0 Å². The molecule has 1 aliphatic rings. The van der Waals surface area contributed by atoms with Crippen molar-refractivity contribution in [1.82, 2.24) is 0 Å². The minimum atomic E-state index is -4.63. The summed E-state index contributed by atoms with van der Waals surface area (Å²) in [7, 11) is 0. The second-order valence-electron chi connectivity index (χ2n) is 7.11. The number of ether oxygens (including phenoxy) is 1. The average Bonchev–Trinajstić information content (AvgIpc) is 3.08. The lowest BCUT2D eigenvalue weighted by atomic mass is 9.98. The molecule has 31 heavy (non-hydrogen) atoms. The summed E-state index contributed by atoms with van der Waals surface area (Å²) in [5.41, 5.74) is -0.362. The average molecular weight is 435 g/mol. The standard InChI is InChI=1S/C23H15F6NO/c1-12-21(30-22(31-12)20-17(24)3-2-4-18(20)25)14-7-5-13(6-8-14)16-10-9-15(11-19(16)26)23(27,28)29/h2-12,21H,1H3/t12-,21-/m1/s1. The van der Waals surface area contributed by atoms with Crippen LogP contribution in [0.25, 0.3) is 11.1 Å². The van der Waals surface area contributed by atoms with Crippen LogP contribution < -0.4 is 0 Å². The van der Waals surface area contributed by atoms with Crippen molar-refractivity contribution in [3.05, 3.63) is 94.8 Å². The van der Waals surface area contributed by atoms with Gasteiger partial charge < -0.3 is 4.74 Å². The number of rotatable bonds is 3. The molecule has 0 amide bonds. The van der Waals surface area contributed by atoms with Crippen LogP contribution in [0.4, 0.5) is 26.3 Å². The maximum atomic E-state index is 14.2. The molecule has 160 valence electrons. The molecule has 4 rings (SSSR count). The summed E-state index contributed by atoms with van der Waals surface area (Å²) >= 11 is 0. The molecule has 0 saturated carbocycles. The lowest BCUT2D eigenvalue weighted by molar-refractivity contribution is -0.137. The largest absolute Gasteiger partial charge is 0.472 e. The summed E-state index contributed by atoms with van der Waals surface area (Å²) in [5.74, 6) is -2.72. The summed E-state index contributed by atoms with van der Waals surface area (Å²) in [6, 6.07) is 11.6. The summed E-state index contributed by atoms with van der Waals surface area (Å²) in [4.78, 5) is 4.31. The molecule has 0 fully saturated rings. The fourth-order valence-electron chi connectivity index (χ4n) is 3.46. The Kier molecular flexibility index (Phi) is 5.24. The van der Waals surface area contributed by atoms with E-state index in [1.165, 1.54) is 6.07 Å². The van der Waals surface area contributed by atoms with Crippen LogP contribution in [0.1, 0.15) is 29.7 Å². The van der Waals surface area contributed by atoms with Crippen molar-refractivity contribution < 1.29 is 31.1 Å². The minimum absolute atomic E-state index is 0.0212. The van der Waals surface area contributed by atoms with E-state index in [-0.39, 0.29) is 17.0 Å². The van der Waals surface area contributed by atoms with Crippen molar-refractivity contribution in [3.63, 3.8) is 0 Å². The van der Waals surface area contributed by atoms with Crippen molar-refractivity contribution in [2.75, 3.05) is 0 Å². The Morgan fingerprint density at radius 1 is 0.839 bits per heavy atom. The Morgan fingerprint density at radius 2 is 1.48 bits per heavy atom. The van der Waals surface area contributed by atoms with Gasteiger partial charge in [-0.2, -0.15) is 13.2 Å². The van der Waals surface area contributed by atoms with E-state index < -0.39 is 41.3 Å². The zero-order valence-corrected chi connectivity index (χ0v) is 16.1. The van der Waals surface area contributed by atoms with Crippen LogP contribution in [0.3, 0.4) is 0 Å². The molecule has 2 nitrogen and oxygen atoms in total. The number of hydrogen-bond acceptors (Lipinski definition) is 2. The number of halogens is 6. The first-order valence-corrected chi connectivity index (χ1v) is 9.31. The molecule has 0 bridgehead atoms. The minimum Gasteiger partial charge on any atom is -0.472 e. The van der Waals surface area contributed by atoms with Gasteiger partial charge in [0.2, 0.25) is 5.90 Å². The maximum Gasteiger partial charge on any atom is 0.416 e. The lowest BCUT2D eigenvalue weighted by Gasteiger charge is -2.14. The van der Waals surface area contributed by atoms with Crippen LogP contribution in [-0.4, -0.2) is 12.0 Å². The molecule has 8 heteroatoms. The van der Waals surface area contributed by atoms with Crippen LogP contribution in [0.15, 0.2) is 65.7 Å². The van der Waals surface area contributed by atoms with Crippen LogP contribution in [0.5, 0.6) is 0 Å². The Balaban J connectivity index is 1.62. The summed E-state index contributed by atoms with van der Waals surface area (Å²) in [5, 5.41) is 0. The molecule has 2 atom stereocenters. The van der Waals surface area contributed by atoms with Gasteiger partial charge in [0.05, 0.1) is 5.56 Å². The molecule has 0 saturated heterocycles. The van der Waals surface area contributed by atoms with E-state index in [2.05, 4.69) is 4.99 Å². The molecule has 0 N–H and O–H groups in total. The second kappa shape index (κ2) is 7.76. The molecular weight excluding hydrogens is 420 g/mol. The van der Waals surface area contributed by atoms with Crippen LogP contribution in [0, 0.1) is 17.5 Å². The lowest BCUT2D eigenvalue weighted by Crippen LogP contribution is -2.14. The van der Waals surface area contributed by atoms with E-state index in [0.29, 0.717) is 17.2 Å². The third kappa shape index (κ3) is 4.02. The fourth-order valence-corrected chi connectivity index (χ4v) is 3.46. The zero-order chi connectivity index (χ0) is 22.3. The molecule has 0 unspecified atom stereocenters. The van der Waals surface area contributed by atoms with Crippen molar-refractivity contribution in [2.45, 2.75) is 25.2 Å². The SMILES string of the molecule is C[C@H]1OC(c2c(F)cccc2F)=N[C@H]1c1ccc(-c2ccc(C(F)(F)F)cc2F)cc1. The van der Waals surface area contributed by atoms with E-state index in [4.69, 9.17) is 4.74 Å². The van der Waals surface area contributed by atoms with Crippen LogP contribution in [0.2, 0.25) is 0 Å². The van der Waals surface area contributed by atoms with Gasteiger partial charge in [0, 0.05) is 5.56 Å². The predicted octanol–water partition coefficient (Wildman–Crippen LogP) is 6.70. The van der Waals surface area contributed by atoms with E-state index >= 15 is 0 Å². The fraction of sp³-hybridized carbons (Fsp3) is 0.174. The van der Waals surface area contributed by atoms with Crippen molar-refractivity contribution in [2.24, 2.45) is 4.99 Å². The van der Waals surface area contributed by atoms with E-state index in [9.17, 15) is 26.3 Å². The first kappa shape index (κ1) is 21.0. The Hall–Kier alpha value is -3.29. The molecule has 1 aliphatic heterocycles. The van der Waals surface area contributed by atoms with Gasteiger partial charge >= 0.3 is 6.18 Å². The highest BCUT2D eigenvalue weighted by atomic mass is 19.4. The van der Waals surface area contributed by atoms with Crippen molar-refractivity contribution >= 4 is 5.90 Å². The number of alkyl halides is 3. The summed E-state index contributed by atoms with van der Waals surface area (Å²) in [6.45, 7) is 1.70. The van der Waals surface area contributed by atoms with E-state index in [1.807, 2.05) is 0 Å². The third-order valence-electron chi connectivity index (χ3n) is 5.03. The first-order valence-electron chi connectivity index (χ1n) is 9.31. The van der Waals surface area contributed by atoms with Gasteiger partial charge in [-0.25, -0.2) is 18.2 Å². The molecule has 3 aromatic rings. The quantitative estimate of drug-likeness (QED) is 0.420. The molecule has 0 radical (unpaired) electrons. The number of aliphatic imine (C=N–C) groups is 1. The van der Waals surface area contributed by atoms with E-state index in [0.717, 1.165) is 24.3 Å². The Bertz CT molecular complexity index is 1130. The monoisotopic (exact) mass is 435 g/mol. The van der Waals surface area contributed by atoms with Gasteiger partial charge in [-0.3, -0.25) is 0 Å². The van der Waals surface area contributed by atoms with Gasteiger partial charge in [0.15, 0.2) is 0 Å². The zero-order valence-electron chi connectivity index (χ0n) is 16.1. The highest BCUT2D eigenvalue weighted by Crippen LogP contribution is 2.35. The predicted molar refractivity (Wildman–Crippen MR) is 103 cm³/mol. The second-order valence-corrected chi connectivity index (χ2v) is 7.11. The van der Waals surface area contributed by atoms with E-state index in [1.54, 1.807) is 31.2 Å². The van der Waals surface area contributed by atoms with Gasteiger partial charge in [-0.1, -0.05) is 36.4 Å². The molecule has 0 aliphatic carbocycles. The highest BCUT2D eigenvalue weighted by Gasteiger charge is 2.33. The van der Waals surface area contributed by atoms with Gasteiger partial charge in [-0.05, 0) is 42.3 Å². The van der Waals surface area contributed by atoms with Crippen molar-refractivity contribution in [1.29, 1.82) is 0 Å². The number of hydrogen-bond donors (Lipinski definition) is 0. The molecule has 3 aromatic carbocycles. The topological polar surface area (TPSA) is 21.6 Å². The first-order chi connectivity index (χ1) is 14.6. The molecule has 0 aromatic heterocycles. The highest BCUT2D eigenvalue weighted by molar-refractivity contribution is 5.96. The number of nitrogens with zero attached hydrogens (tertiary/aromatic N) is 1. The van der Waals surface area contributed by atoms with Crippen LogP contribution in [-0.2, 0) is 10.9 Å². The van der Waals surface area contributed by atoms with Gasteiger partial charge in [0.1, 0.15) is 35.2 Å². The molecule has 1 heterocycles. The van der Waals surface area contributed by atoms with Gasteiger partial charge in [-0.15, -0.1) is 0 Å².